The second kappa shape index (κ2) is 8.12. The average molecular weight is 354 g/mol. The van der Waals surface area contributed by atoms with E-state index < -0.39 is 31.5 Å². The highest BCUT2D eigenvalue weighted by molar-refractivity contribution is 6.76. The molecule has 1 rings (SSSR count). The van der Waals surface area contributed by atoms with Crippen molar-refractivity contribution in [2.75, 3.05) is 13.2 Å². The van der Waals surface area contributed by atoms with Gasteiger partial charge in [0.2, 0.25) is 5.54 Å². The molecule has 136 valence electrons. The van der Waals surface area contributed by atoms with Crippen molar-refractivity contribution in [2.45, 2.75) is 58.4 Å². The van der Waals surface area contributed by atoms with Gasteiger partial charge >= 0.3 is 11.9 Å². The highest BCUT2D eigenvalue weighted by Gasteiger charge is 2.52. The lowest BCUT2D eigenvalue weighted by molar-refractivity contribution is -0.166. The Labute approximate surface area is 146 Å². The predicted molar refractivity (Wildman–Crippen MR) is 98.3 cm³/mol. The molecule has 0 bridgehead atoms. The maximum Gasteiger partial charge on any atom is 0.338 e. The van der Waals surface area contributed by atoms with Crippen molar-refractivity contribution in [3.63, 3.8) is 0 Å². The summed E-state index contributed by atoms with van der Waals surface area (Å²) >= 11 is 0. The summed E-state index contributed by atoms with van der Waals surface area (Å²) in [6.45, 7) is 12.6. The minimum atomic E-state index is -1.80. The second-order valence-electron chi connectivity index (χ2n) is 7.66. The molecule has 24 heavy (non-hydrogen) atoms. The van der Waals surface area contributed by atoms with Crippen LogP contribution in [0.25, 0.3) is 0 Å². The third kappa shape index (κ3) is 5.04. The van der Waals surface area contributed by atoms with E-state index in [2.05, 4.69) is 19.6 Å². The van der Waals surface area contributed by atoms with Gasteiger partial charge in [0.15, 0.2) is 0 Å². The van der Waals surface area contributed by atoms with E-state index in [0.29, 0.717) is 6.42 Å². The van der Waals surface area contributed by atoms with Gasteiger partial charge in [-0.15, -0.1) is 0 Å². The largest absolute Gasteiger partial charge is 0.464 e. The lowest BCUT2D eigenvalue weighted by atomic mass is 9.75. The molecule has 6 heteroatoms. The summed E-state index contributed by atoms with van der Waals surface area (Å²) in [5.41, 5.74) is 6.52. The molecular formula is C18H31NO4Si. The summed E-state index contributed by atoms with van der Waals surface area (Å²) in [6.07, 6.45) is 4.45. The molecule has 5 nitrogen and oxygen atoms in total. The monoisotopic (exact) mass is 353 g/mol. The molecule has 0 aliphatic heterocycles. The van der Waals surface area contributed by atoms with Gasteiger partial charge in [0.25, 0.3) is 0 Å². The molecule has 1 aliphatic carbocycles. The van der Waals surface area contributed by atoms with E-state index >= 15 is 0 Å². The standard InChI is InChI=1S/C18H31NO4Si/c1-7-22-16(20)18(19,15-9-8-13(2)12-14(15)3)17(21)23-10-11-24(4,5)6/h8,12,15H,7,9-11,19H2,1-6H3. The van der Waals surface area contributed by atoms with Gasteiger partial charge in [-0.1, -0.05) is 42.9 Å². The van der Waals surface area contributed by atoms with Crippen LogP contribution in [0.3, 0.4) is 0 Å². The number of esters is 2. The van der Waals surface area contributed by atoms with Crippen molar-refractivity contribution in [2.24, 2.45) is 11.7 Å². The van der Waals surface area contributed by atoms with E-state index in [1.54, 1.807) is 6.92 Å². The average Bonchev–Trinajstić information content (AvgIpc) is 2.45. The zero-order valence-electron chi connectivity index (χ0n) is 15.8. The Balaban J connectivity index is 3.01. The van der Waals surface area contributed by atoms with Crippen LogP contribution in [-0.4, -0.2) is 38.8 Å². The molecule has 0 saturated heterocycles. The van der Waals surface area contributed by atoms with E-state index in [1.807, 2.05) is 26.0 Å². The summed E-state index contributed by atoms with van der Waals surface area (Å²) < 4.78 is 10.5. The number of hydrogen-bond donors (Lipinski definition) is 1. The van der Waals surface area contributed by atoms with Gasteiger partial charge < -0.3 is 15.2 Å². The first-order valence-electron chi connectivity index (χ1n) is 8.50. The Hall–Kier alpha value is -1.40. The summed E-state index contributed by atoms with van der Waals surface area (Å²) in [4.78, 5) is 25.2. The minimum Gasteiger partial charge on any atom is -0.464 e. The van der Waals surface area contributed by atoms with E-state index in [-0.39, 0.29) is 13.2 Å². The van der Waals surface area contributed by atoms with Crippen LogP contribution in [0.2, 0.25) is 25.7 Å². The Morgan fingerprint density at radius 3 is 2.33 bits per heavy atom. The SMILES string of the molecule is CCOC(=O)C(N)(C(=O)OCC[Si](C)(C)C)C1CC=C(C)C=C1C. The van der Waals surface area contributed by atoms with Crippen LogP contribution >= 0.6 is 0 Å². The van der Waals surface area contributed by atoms with Crippen molar-refractivity contribution < 1.29 is 19.1 Å². The van der Waals surface area contributed by atoms with E-state index in [9.17, 15) is 9.59 Å². The topological polar surface area (TPSA) is 78.6 Å². The first-order valence-corrected chi connectivity index (χ1v) is 12.2. The van der Waals surface area contributed by atoms with Gasteiger partial charge in [-0.3, -0.25) is 0 Å². The molecule has 0 radical (unpaired) electrons. The first kappa shape index (κ1) is 20.6. The maximum atomic E-state index is 12.7. The maximum absolute atomic E-state index is 12.7. The Morgan fingerprint density at radius 1 is 1.25 bits per heavy atom. The Bertz CT molecular complexity index is 548. The number of allylic oxidation sites excluding steroid dienone is 3. The molecule has 2 unspecified atom stereocenters. The number of ether oxygens (including phenoxy) is 2. The van der Waals surface area contributed by atoms with Gasteiger partial charge in [0.1, 0.15) is 0 Å². The molecule has 0 aromatic carbocycles. The van der Waals surface area contributed by atoms with Crippen LogP contribution in [0, 0.1) is 5.92 Å². The smallest absolute Gasteiger partial charge is 0.338 e. The quantitative estimate of drug-likeness (QED) is 0.432. The third-order valence-corrected chi connectivity index (χ3v) is 5.97. The molecule has 0 aromatic heterocycles. The highest BCUT2D eigenvalue weighted by atomic mass is 28.3. The zero-order valence-corrected chi connectivity index (χ0v) is 16.8. The fourth-order valence-electron chi connectivity index (χ4n) is 2.74. The van der Waals surface area contributed by atoms with Crippen LogP contribution < -0.4 is 5.73 Å². The number of carbonyl (C=O) groups excluding carboxylic acids is 2. The third-order valence-electron chi connectivity index (χ3n) is 4.27. The molecule has 0 saturated carbocycles. The van der Waals surface area contributed by atoms with Crippen LogP contribution in [0.1, 0.15) is 27.2 Å². The van der Waals surface area contributed by atoms with Crippen LogP contribution in [-0.2, 0) is 19.1 Å². The fraction of sp³-hybridized carbons (Fsp3) is 0.667. The van der Waals surface area contributed by atoms with Crippen molar-refractivity contribution in [3.8, 4) is 0 Å². The van der Waals surface area contributed by atoms with Crippen molar-refractivity contribution in [3.05, 3.63) is 23.3 Å². The zero-order chi connectivity index (χ0) is 18.5. The molecule has 2 N–H and O–H groups in total. The molecule has 2 atom stereocenters. The van der Waals surface area contributed by atoms with E-state index in [0.717, 1.165) is 17.2 Å². The normalized spacial score (nSPS) is 20.5. The van der Waals surface area contributed by atoms with Crippen LogP contribution in [0.15, 0.2) is 23.3 Å². The Kier molecular flexibility index (Phi) is 6.98. The summed E-state index contributed by atoms with van der Waals surface area (Å²) in [6, 6.07) is 0.830. The van der Waals surface area contributed by atoms with Crippen molar-refractivity contribution in [1.82, 2.24) is 0 Å². The summed E-state index contributed by atoms with van der Waals surface area (Å²) in [5.74, 6) is -1.85. The van der Waals surface area contributed by atoms with Gasteiger partial charge in [-0.2, -0.15) is 0 Å². The molecule has 1 aliphatic rings. The van der Waals surface area contributed by atoms with Crippen LogP contribution in [0.5, 0.6) is 0 Å². The van der Waals surface area contributed by atoms with Gasteiger partial charge in [-0.25, -0.2) is 9.59 Å². The number of carbonyl (C=O) groups is 2. The van der Waals surface area contributed by atoms with Crippen molar-refractivity contribution in [1.29, 1.82) is 0 Å². The first-order chi connectivity index (χ1) is 11.0. The minimum absolute atomic E-state index is 0.171. The lowest BCUT2D eigenvalue weighted by Crippen LogP contribution is -2.62. The molecule has 0 spiro atoms. The molecular weight excluding hydrogens is 322 g/mol. The fourth-order valence-corrected chi connectivity index (χ4v) is 3.46. The molecule has 0 amide bonds. The Morgan fingerprint density at radius 2 is 1.83 bits per heavy atom. The number of nitrogens with two attached hydrogens (primary N) is 1. The van der Waals surface area contributed by atoms with Crippen LogP contribution in [0.4, 0.5) is 0 Å². The molecule has 0 heterocycles. The van der Waals surface area contributed by atoms with Crippen molar-refractivity contribution >= 4 is 20.0 Å². The second-order valence-corrected chi connectivity index (χ2v) is 13.3. The highest BCUT2D eigenvalue weighted by Crippen LogP contribution is 2.33. The van der Waals surface area contributed by atoms with Gasteiger partial charge in [0, 0.05) is 14.0 Å². The number of hydrogen-bond acceptors (Lipinski definition) is 5. The van der Waals surface area contributed by atoms with E-state index in [1.165, 1.54) is 0 Å². The lowest BCUT2D eigenvalue weighted by Gasteiger charge is -2.35. The van der Waals surface area contributed by atoms with E-state index in [4.69, 9.17) is 15.2 Å². The predicted octanol–water partition coefficient (Wildman–Crippen LogP) is 3.04. The molecule has 0 fully saturated rings. The van der Waals surface area contributed by atoms with Gasteiger partial charge in [-0.05, 0) is 33.2 Å². The molecule has 0 aromatic rings. The summed E-state index contributed by atoms with van der Waals surface area (Å²) in [5, 5.41) is 0. The summed E-state index contributed by atoms with van der Waals surface area (Å²) in [7, 11) is -1.34. The van der Waals surface area contributed by atoms with Gasteiger partial charge in [0.05, 0.1) is 13.2 Å². The number of rotatable bonds is 7.